The second kappa shape index (κ2) is 13.8. The maximum Gasteiger partial charge on any atom is 0.314 e. The molecule has 1 aliphatic rings. The monoisotopic (exact) mass is 445 g/mol. The van der Waals surface area contributed by atoms with Gasteiger partial charge in [-0.2, -0.15) is 5.26 Å². The molecule has 0 saturated heterocycles. The molecule has 0 unspecified atom stereocenters. The summed E-state index contributed by atoms with van der Waals surface area (Å²) in [6.45, 7) is 2.26. The molecule has 0 bridgehead atoms. The number of nitrogens with zero attached hydrogens (tertiary/aromatic N) is 1. The van der Waals surface area contributed by atoms with Gasteiger partial charge in [0, 0.05) is 0 Å². The third-order valence-electron chi connectivity index (χ3n) is 7.07. The molecule has 0 aromatic heterocycles. The van der Waals surface area contributed by atoms with Gasteiger partial charge in [-0.05, 0) is 79.8 Å². The van der Waals surface area contributed by atoms with E-state index in [1.807, 2.05) is 48.5 Å². The number of aryl methyl sites for hydroxylation is 2. The standard InChI is InChI=1S/C30H39NO2/c1-2-3-4-5-6-7-8-24-15-19-28(20-16-24)30(32)33-29-21-17-26(18-22-29)10-9-25-11-13-27(23-31)14-12-25/h11-14,17-18,21-22,24,28H,2-10,15-16,19-20H2,1H3. The average Bonchev–Trinajstić information content (AvgIpc) is 2.86. The van der Waals surface area contributed by atoms with Crippen molar-refractivity contribution in [1.82, 2.24) is 0 Å². The minimum absolute atomic E-state index is 0.0571. The Morgan fingerprint density at radius 2 is 1.42 bits per heavy atom. The van der Waals surface area contributed by atoms with E-state index in [0.717, 1.165) is 31.6 Å². The number of unbranched alkanes of at least 4 members (excludes halogenated alkanes) is 5. The van der Waals surface area contributed by atoms with Crippen molar-refractivity contribution in [2.45, 2.75) is 90.4 Å². The Morgan fingerprint density at radius 3 is 2.03 bits per heavy atom. The van der Waals surface area contributed by atoms with E-state index in [4.69, 9.17) is 10.00 Å². The van der Waals surface area contributed by atoms with Crippen LogP contribution in [0.15, 0.2) is 48.5 Å². The fourth-order valence-electron chi connectivity index (χ4n) is 4.86. The molecule has 2 aromatic rings. The van der Waals surface area contributed by atoms with Crippen molar-refractivity contribution in [3.05, 3.63) is 65.2 Å². The van der Waals surface area contributed by atoms with Gasteiger partial charge in [0.2, 0.25) is 0 Å². The van der Waals surface area contributed by atoms with Crippen molar-refractivity contribution in [2.75, 3.05) is 0 Å². The van der Waals surface area contributed by atoms with Gasteiger partial charge in [0.25, 0.3) is 0 Å². The summed E-state index contributed by atoms with van der Waals surface area (Å²) >= 11 is 0. The summed E-state index contributed by atoms with van der Waals surface area (Å²) in [5.74, 6) is 1.45. The third-order valence-corrected chi connectivity index (χ3v) is 7.07. The number of esters is 1. The van der Waals surface area contributed by atoms with Crippen molar-refractivity contribution in [2.24, 2.45) is 11.8 Å². The molecule has 0 aliphatic heterocycles. The molecular weight excluding hydrogens is 406 g/mol. The van der Waals surface area contributed by atoms with Crippen molar-refractivity contribution >= 4 is 5.97 Å². The second-order valence-corrected chi connectivity index (χ2v) is 9.65. The smallest absolute Gasteiger partial charge is 0.314 e. The van der Waals surface area contributed by atoms with E-state index in [9.17, 15) is 4.79 Å². The normalized spacial score (nSPS) is 17.9. The lowest BCUT2D eigenvalue weighted by Crippen LogP contribution is -2.25. The van der Waals surface area contributed by atoms with Crippen LogP contribution < -0.4 is 4.74 Å². The number of carbonyl (C=O) groups excluding carboxylic acids is 1. The fourth-order valence-corrected chi connectivity index (χ4v) is 4.86. The maximum atomic E-state index is 12.6. The zero-order valence-electron chi connectivity index (χ0n) is 20.2. The first-order valence-corrected chi connectivity index (χ1v) is 13.0. The topological polar surface area (TPSA) is 50.1 Å². The first kappa shape index (κ1) is 25.0. The van der Waals surface area contributed by atoms with Crippen molar-refractivity contribution in [3.8, 4) is 11.8 Å². The van der Waals surface area contributed by atoms with Crippen LogP contribution in [0.25, 0.3) is 0 Å². The number of benzene rings is 2. The number of hydrogen-bond acceptors (Lipinski definition) is 3. The predicted molar refractivity (Wildman–Crippen MR) is 134 cm³/mol. The Kier molecular flexibility index (Phi) is 10.5. The van der Waals surface area contributed by atoms with E-state index < -0.39 is 0 Å². The molecule has 0 N–H and O–H groups in total. The van der Waals surface area contributed by atoms with Gasteiger partial charge in [0.15, 0.2) is 0 Å². The highest BCUT2D eigenvalue weighted by molar-refractivity contribution is 5.75. The first-order chi connectivity index (χ1) is 16.2. The molecule has 0 radical (unpaired) electrons. The van der Waals surface area contributed by atoms with Crippen LogP contribution in [-0.2, 0) is 17.6 Å². The number of hydrogen-bond donors (Lipinski definition) is 0. The molecule has 0 atom stereocenters. The van der Waals surface area contributed by atoms with E-state index in [1.165, 1.54) is 68.9 Å². The summed E-state index contributed by atoms with van der Waals surface area (Å²) in [7, 11) is 0. The summed E-state index contributed by atoms with van der Waals surface area (Å²) in [4.78, 5) is 12.6. The molecule has 33 heavy (non-hydrogen) atoms. The number of carbonyl (C=O) groups is 1. The van der Waals surface area contributed by atoms with Gasteiger partial charge in [-0.25, -0.2) is 0 Å². The maximum absolute atomic E-state index is 12.6. The summed E-state index contributed by atoms with van der Waals surface area (Å²) in [5.41, 5.74) is 3.13. The Labute approximate surface area is 200 Å². The zero-order valence-corrected chi connectivity index (χ0v) is 20.2. The molecule has 2 aromatic carbocycles. The van der Waals surface area contributed by atoms with Crippen LogP contribution in [0.2, 0.25) is 0 Å². The molecule has 0 heterocycles. The molecule has 1 saturated carbocycles. The summed E-state index contributed by atoms with van der Waals surface area (Å²) < 4.78 is 5.70. The van der Waals surface area contributed by atoms with E-state index in [0.29, 0.717) is 11.3 Å². The molecule has 176 valence electrons. The fraction of sp³-hybridized carbons (Fsp3) is 0.533. The van der Waals surface area contributed by atoms with E-state index in [2.05, 4.69) is 13.0 Å². The highest BCUT2D eigenvalue weighted by Crippen LogP contribution is 2.33. The molecule has 0 amide bonds. The quantitative estimate of drug-likeness (QED) is 0.190. The van der Waals surface area contributed by atoms with Crippen LogP contribution in [0.3, 0.4) is 0 Å². The Morgan fingerprint density at radius 1 is 0.848 bits per heavy atom. The highest BCUT2D eigenvalue weighted by Gasteiger charge is 2.27. The Hall–Kier alpha value is -2.60. The van der Waals surface area contributed by atoms with Gasteiger partial charge in [0.1, 0.15) is 5.75 Å². The van der Waals surface area contributed by atoms with Crippen LogP contribution in [0.5, 0.6) is 5.75 Å². The van der Waals surface area contributed by atoms with Crippen molar-refractivity contribution in [3.63, 3.8) is 0 Å². The van der Waals surface area contributed by atoms with Gasteiger partial charge in [-0.1, -0.05) is 76.1 Å². The summed E-state index contributed by atoms with van der Waals surface area (Å²) in [5, 5.41) is 8.90. The number of ether oxygens (including phenoxy) is 1. The van der Waals surface area contributed by atoms with Crippen LogP contribution in [0.1, 0.15) is 94.2 Å². The Balaban J connectivity index is 1.34. The summed E-state index contributed by atoms with van der Waals surface area (Å²) in [6, 6.07) is 17.8. The van der Waals surface area contributed by atoms with Crippen molar-refractivity contribution in [1.29, 1.82) is 5.26 Å². The first-order valence-electron chi connectivity index (χ1n) is 13.0. The van der Waals surface area contributed by atoms with Gasteiger partial charge >= 0.3 is 5.97 Å². The third kappa shape index (κ3) is 8.69. The Bertz CT molecular complexity index is 871. The summed E-state index contributed by atoms with van der Waals surface area (Å²) in [6.07, 6.45) is 15.6. The molecule has 3 nitrogen and oxygen atoms in total. The highest BCUT2D eigenvalue weighted by atomic mass is 16.5. The molecule has 3 heteroatoms. The average molecular weight is 446 g/mol. The molecule has 0 spiro atoms. The van der Waals surface area contributed by atoms with E-state index in [1.54, 1.807) is 0 Å². The largest absolute Gasteiger partial charge is 0.426 e. The van der Waals surface area contributed by atoms with Gasteiger partial charge < -0.3 is 4.74 Å². The number of rotatable bonds is 12. The number of nitriles is 1. The molecule has 3 rings (SSSR count). The zero-order chi connectivity index (χ0) is 23.3. The molecule has 1 aliphatic carbocycles. The van der Waals surface area contributed by atoms with E-state index in [-0.39, 0.29) is 11.9 Å². The molecular formula is C30H39NO2. The minimum Gasteiger partial charge on any atom is -0.426 e. The van der Waals surface area contributed by atoms with Gasteiger partial charge in [-0.15, -0.1) is 0 Å². The van der Waals surface area contributed by atoms with Crippen molar-refractivity contribution < 1.29 is 9.53 Å². The van der Waals surface area contributed by atoms with Crippen LogP contribution >= 0.6 is 0 Å². The molecule has 1 fully saturated rings. The van der Waals surface area contributed by atoms with Crippen LogP contribution in [-0.4, -0.2) is 5.97 Å². The van der Waals surface area contributed by atoms with E-state index >= 15 is 0 Å². The predicted octanol–water partition coefficient (Wildman–Crippen LogP) is 7.81. The lowest BCUT2D eigenvalue weighted by Gasteiger charge is -2.27. The minimum atomic E-state index is -0.0571. The van der Waals surface area contributed by atoms with Crippen LogP contribution in [0, 0.1) is 23.2 Å². The lowest BCUT2D eigenvalue weighted by molar-refractivity contribution is -0.140. The SMILES string of the molecule is CCCCCCCCC1CCC(C(=O)Oc2ccc(CCc3ccc(C#N)cc3)cc2)CC1. The second-order valence-electron chi connectivity index (χ2n) is 9.65. The van der Waals surface area contributed by atoms with Gasteiger partial charge in [-0.3, -0.25) is 4.79 Å². The van der Waals surface area contributed by atoms with Gasteiger partial charge in [0.05, 0.1) is 17.6 Å². The van der Waals surface area contributed by atoms with Crippen LogP contribution in [0.4, 0.5) is 0 Å². The lowest BCUT2D eigenvalue weighted by atomic mass is 9.80.